The molecule has 1 aromatic rings. The van der Waals surface area contributed by atoms with Gasteiger partial charge < -0.3 is 10.4 Å². The van der Waals surface area contributed by atoms with Crippen LogP contribution in [0.1, 0.15) is 31.9 Å². The van der Waals surface area contributed by atoms with Gasteiger partial charge in [0.25, 0.3) is 0 Å². The van der Waals surface area contributed by atoms with Crippen molar-refractivity contribution in [1.29, 1.82) is 0 Å². The van der Waals surface area contributed by atoms with E-state index in [2.05, 4.69) is 26.1 Å². The van der Waals surface area contributed by atoms with Gasteiger partial charge in [-0.1, -0.05) is 32.9 Å². The maximum absolute atomic E-state index is 11.0. The van der Waals surface area contributed by atoms with Gasteiger partial charge >= 0.3 is 0 Å². The highest BCUT2D eigenvalue weighted by molar-refractivity contribution is 6.27. The highest BCUT2D eigenvalue weighted by Crippen LogP contribution is 2.27. The standard InChI is InChI=1S/C13H18ClNO2/c1-13(2,3)10-5-4-9(11(16)6-10)8-15-12(17)7-14/h4-6,16H,7-8H2,1-3H3,(H,15,17). The smallest absolute Gasteiger partial charge is 0.235 e. The zero-order chi connectivity index (χ0) is 13.1. The van der Waals surface area contributed by atoms with Crippen LogP contribution in [0.25, 0.3) is 0 Å². The van der Waals surface area contributed by atoms with Crippen LogP contribution in [0, 0.1) is 0 Å². The summed E-state index contributed by atoms with van der Waals surface area (Å²) in [6.45, 7) is 6.53. The Labute approximate surface area is 107 Å². The predicted octanol–water partition coefficient (Wildman–Crippen LogP) is 2.54. The Balaban J connectivity index is 2.80. The summed E-state index contributed by atoms with van der Waals surface area (Å²) < 4.78 is 0. The summed E-state index contributed by atoms with van der Waals surface area (Å²) >= 11 is 5.37. The van der Waals surface area contributed by atoms with Gasteiger partial charge in [-0.3, -0.25) is 4.79 Å². The van der Waals surface area contributed by atoms with Crippen molar-refractivity contribution in [2.24, 2.45) is 0 Å². The fraction of sp³-hybridized carbons (Fsp3) is 0.462. The lowest BCUT2D eigenvalue weighted by atomic mass is 9.86. The number of phenolic OH excluding ortho intramolecular Hbond substituents is 1. The molecule has 0 bridgehead atoms. The van der Waals surface area contributed by atoms with Crippen LogP contribution in [0.2, 0.25) is 0 Å². The molecule has 1 aromatic carbocycles. The number of phenols is 1. The van der Waals surface area contributed by atoms with E-state index in [0.29, 0.717) is 12.1 Å². The third-order valence-electron chi connectivity index (χ3n) is 2.55. The molecule has 0 saturated carbocycles. The van der Waals surface area contributed by atoms with Gasteiger partial charge in [-0.05, 0) is 17.0 Å². The minimum absolute atomic E-state index is 0.00457. The lowest BCUT2D eigenvalue weighted by molar-refractivity contribution is -0.118. The van der Waals surface area contributed by atoms with Crippen molar-refractivity contribution < 1.29 is 9.90 Å². The SMILES string of the molecule is CC(C)(C)c1ccc(CNC(=O)CCl)c(O)c1. The van der Waals surface area contributed by atoms with E-state index in [9.17, 15) is 9.90 Å². The van der Waals surface area contributed by atoms with E-state index in [-0.39, 0.29) is 23.0 Å². The van der Waals surface area contributed by atoms with Gasteiger partial charge in [0.1, 0.15) is 11.6 Å². The summed E-state index contributed by atoms with van der Waals surface area (Å²) in [5, 5.41) is 12.5. The normalized spacial score (nSPS) is 11.3. The first kappa shape index (κ1) is 13.8. The number of carbonyl (C=O) groups is 1. The molecule has 1 amide bonds. The third-order valence-corrected chi connectivity index (χ3v) is 2.79. The monoisotopic (exact) mass is 255 g/mol. The second-order valence-corrected chi connectivity index (χ2v) is 5.27. The molecule has 2 N–H and O–H groups in total. The van der Waals surface area contributed by atoms with Gasteiger partial charge in [-0.25, -0.2) is 0 Å². The number of rotatable bonds is 3. The Hall–Kier alpha value is -1.22. The van der Waals surface area contributed by atoms with E-state index in [0.717, 1.165) is 5.56 Å². The van der Waals surface area contributed by atoms with Crippen LogP contribution in [-0.2, 0) is 16.8 Å². The number of aromatic hydroxyl groups is 1. The Kier molecular flexibility index (Phi) is 4.40. The van der Waals surface area contributed by atoms with Crippen LogP contribution in [0.3, 0.4) is 0 Å². The molecule has 0 spiro atoms. The molecular formula is C13H18ClNO2. The second-order valence-electron chi connectivity index (χ2n) is 5.00. The molecule has 0 fully saturated rings. The minimum Gasteiger partial charge on any atom is -0.508 e. The summed E-state index contributed by atoms with van der Waals surface area (Å²) in [5.41, 5.74) is 1.74. The number of carbonyl (C=O) groups excluding carboxylic acids is 1. The average Bonchev–Trinajstić information content (AvgIpc) is 2.25. The van der Waals surface area contributed by atoms with Gasteiger partial charge in [-0.2, -0.15) is 0 Å². The predicted molar refractivity (Wildman–Crippen MR) is 69.4 cm³/mol. The molecule has 0 aliphatic rings. The molecule has 0 heterocycles. The minimum atomic E-state index is -0.244. The van der Waals surface area contributed by atoms with Gasteiger partial charge in [0.05, 0.1) is 0 Å². The Bertz CT molecular complexity index is 410. The molecular weight excluding hydrogens is 238 g/mol. The summed E-state index contributed by atoms with van der Waals surface area (Å²) in [5.74, 6) is -0.112. The molecule has 0 aliphatic heterocycles. The average molecular weight is 256 g/mol. The van der Waals surface area contributed by atoms with E-state index in [1.807, 2.05) is 12.1 Å². The highest BCUT2D eigenvalue weighted by Gasteiger charge is 2.15. The van der Waals surface area contributed by atoms with E-state index in [1.54, 1.807) is 6.07 Å². The second kappa shape index (κ2) is 5.41. The number of amides is 1. The van der Waals surface area contributed by atoms with E-state index >= 15 is 0 Å². The van der Waals surface area contributed by atoms with E-state index in [4.69, 9.17) is 11.6 Å². The quantitative estimate of drug-likeness (QED) is 0.816. The van der Waals surface area contributed by atoms with E-state index < -0.39 is 0 Å². The van der Waals surface area contributed by atoms with Crippen molar-refractivity contribution in [3.8, 4) is 5.75 Å². The topological polar surface area (TPSA) is 49.3 Å². The molecule has 4 heteroatoms. The molecule has 3 nitrogen and oxygen atoms in total. The fourth-order valence-electron chi connectivity index (χ4n) is 1.42. The molecule has 17 heavy (non-hydrogen) atoms. The zero-order valence-electron chi connectivity index (χ0n) is 10.4. The first-order chi connectivity index (χ1) is 7.84. The number of hydrogen-bond donors (Lipinski definition) is 2. The van der Waals surface area contributed by atoms with Crippen LogP contribution < -0.4 is 5.32 Å². The van der Waals surface area contributed by atoms with Crippen molar-refractivity contribution in [2.75, 3.05) is 5.88 Å². The summed E-state index contributed by atoms with van der Waals surface area (Å²) in [7, 11) is 0. The maximum atomic E-state index is 11.0. The first-order valence-corrected chi connectivity index (χ1v) is 6.03. The molecule has 0 atom stereocenters. The van der Waals surface area contributed by atoms with Gasteiger partial charge in [0.2, 0.25) is 5.91 Å². The van der Waals surface area contributed by atoms with Crippen LogP contribution in [0.15, 0.2) is 18.2 Å². The molecule has 0 aromatic heterocycles. The van der Waals surface area contributed by atoms with Crippen LogP contribution in [-0.4, -0.2) is 16.9 Å². The number of nitrogens with one attached hydrogen (secondary N) is 1. The highest BCUT2D eigenvalue weighted by atomic mass is 35.5. The third kappa shape index (κ3) is 3.93. The van der Waals surface area contributed by atoms with Crippen LogP contribution in [0.5, 0.6) is 5.75 Å². The molecule has 1 rings (SSSR count). The number of alkyl halides is 1. The number of halogens is 1. The van der Waals surface area contributed by atoms with Gasteiger partial charge in [0, 0.05) is 12.1 Å². The lowest BCUT2D eigenvalue weighted by Gasteiger charge is -2.20. The number of hydrogen-bond acceptors (Lipinski definition) is 2. The van der Waals surface area contributed by atoms with Gasteiger partial charge in [-0.15, -0.1) is 11.6 Å². The Morgan fingerprint density at radius 2 is 2.06 bits per heavy atom. The van der Waals surface area contributed by atoms with Crippen LogP contribution in [0.4, 0.5) is 0 Å². The maximum Gasteiger partial charge on any atom is 0.235 e. The zero-order valence-corrected chi connectivity index (χ0v) is 11.1. The largest absolute Gasteiger partial charge is 0.508 e. The summed E-state index contributed by atoms with van der Waals surface area (Å²) in [6.07, 6.45) is 0. The van der Waals surface area contributed by atoms with Crippen molar-refractivity contribution in [3.05, 3.63) is 29.3 Å². The summed E-state index contributed by atoms with van der Waals surface area (Å²) in [4.78, 5) is 11.0. The van der Waals surface area contributed by atoms with E-state index in [1.165, 1.54) is 0 Å². The van der Waals surface area contributed by atoms with Crippen molar-refractivity contribution in [1.82, 2.24) is 5.32 Å². The molecule has 0 aliphatic carbocycles. The fourth-order valence-corrected chi connectivity index (χ4v) is 1.52. The Morgan fingerprint density at radius 3 is 2.53 bits per heavy atom. The van der Waals surface area contributed by atoms with Crippen LogP contribution >= 0.6 is 11.6 Å². The summed E-state index contributed by atoms with van der Waals surface area (Å²) in [6, 6.07) is 5.52. The molecule has 0 unspecified atom stereocenters. The van der Waals surface area contributed by atoms with Crippen molar-refractivity contribution in [3.63, 3.8) is 0 Å². The van der Waals surface area contributed by atoms with Gasteiger partial charge in [0.15, 0.2) is 0 Å². The Morgan fingerprint density at radius 1 is 1.41 bits per heavy atom. The molecule has 0 radical (unpaired) electrons. The van der Waals surface area contributed by atoms with Crippen molar-refractivity contribution in [2.45, 2.75) is 32.7 Å². The lowest BCUT2D eigenvalue weighted by Crippen LogP contribution is -2.23. The molecule has 94 valence electrons. The first-order valence-electron chi connectivity index (χ1n) is 5.49. The van der Waals surface area contributed by atoms with Crippen molar-refractivity contribution >= 4 is 17.5 Å². The molecule has 0 saturated heterocycles. The number of benzene rings is 1.